The Labute approximate surface area is 166 Å². The third kappa shape index (κ3) is 3.83. The summed E-state index contributed by atoms with van der Waals surface area (Å²) in [5.74, 6) is 1.29. The molecular weight excluding hydrogens is 364 g/mol. The summed E-state index contributed by atoms with van der Waals surface area (Å²) in [6.07, 6.45) is 5.66. The number of hydrogen-bond acceptors (Lipinski definition) is 5. The normalized spacial score (nSPS) is 26.8. The molecule has 4 unspecified atom stereocenters. The number of aliphatic hydroxyl groups excluding tert-OH is 2. The van der Waals surface area contributed by atoms with Crippen LogP contribution in [-0.2, 0) is 0 Å². The Morgan fingerprint density at radius 1 is 1.37 bits per heavy atom. The molecule has 0 saturated carbocycles. The Hall–Kier alpha value is -1.66. The lowest BCUT2D eigenvalue weighted by atomic mass is 9.76. The number of ether oxygens (including phenoxy) is 1. The maximum Gasteiger partial charge on any atom is 0.120 e. The summed E-state index contributed by atoms with van der Waals surface area (Å²) in [5.41, 5.74) is 3.27. The summed E-state index contributed by atoms with van der Waals surface area (Å²) in [6, 6.07) is 7.74. The van der Waals surface area contributed by atoms with Gasteiger partial charge in [-0.25, -0.2) is 0 Å². The average Bonchev–Trinajstić information content (AvgIpc) is 2.71. The van der Waals surface area contributed by atoms with Gasteiger partial charge in [-0.1, -0.05) is 11.6 Å². The fraction of sp³-hybridized carbons (Fsp3) is 0.476. The number of fused-ring (bicyclic) bond motifs is 4. The first-order valence-electron chi connectivity index (χ1n) is 9.40. The van der Waals surface area contributed by atoms with Gasteiger partial charge in [0.2, 0.25) is 0 Å². The number of allylic oxidation sites excluding steroid dienone is 1. The van der Waals surface area contributed by atoms with Crippen molar-refractivity contribution in [2.75, 3.05) is 26.3 Å². The van der Waals surface area contributed by atoms with E-state index >= 15 is 0 Å². The second-order valence-electron chi connectivity index (χ2n) is 7.22. The minimum Gasteiger partial charge on any atom is -0.491 e. The van der Waals surface area contributed by atoms with Crippen molar-refractivity contribution < 1.29 is 14.9 Å². The molecule has 2 aromatic rings. The molecule has 6 heteroatoms. The number of rotatable bonds is 5. The molecule has 5 nitrogen and oxygen atoms in total. The summed E-state index contributed by atoms with van der Waals surface area (Å²) >= 11 is 0. The zero-order chi connectivity index (χ0) is 18.1. The topological polar surface area (TPSA) is 65.8 Å². The first kappa shape index (κ1) is 20.1. The lowest BCUT2D eigenvalue weighted by Crippen LogP contribution is -2.52. The molecule has 3 saturated heterocycles. The zero-order valence-corrected chi connectivity index (χ0v) is 16.4. The van der Waals surface area contributed by atoms with Crippen molar-refractivity contribution in [3.05, 3.63) is 47.7 Å². The third-order valence-corrected chi connectivity index (χ3v) is 5.83. The largest absolute Gasteiger partial charge is 0.491 e. The number of aromatic nitrogens is 1. The molecule has 0 amide bonds. The molecule has 0 spiro atoms. The van der Waals surface area contributed by atoms with Crippen LogP contribution in [0.5, 0.6) is 5.75 Å². The van der Waals surface area contributed by atoms with Crippen molar-refractivity contribution in [1.29, 1.82) is 0 Å². The van der Waals surface area contributed by atoms with Crippen LogP contribution < -0.4 is 4.74 Å². The number of pyridine rings is 1. The minimum absolute atomic E-state index is 0. The molecule has 4 heterocycles. The lowest BCUT2D eigenvalue weighted by molar-refractivity contribution is -0.00340. The fourth-order valence-corrected chi connectivity index (χ4v) is 4.46. The van der Waals surface area contributed by atoms with E-state index in [2.05, 4.69) is 22.9 Å². The van der Waals surface area contributed by atoms with Crippen LogP contribution in [0.15, 0.2) is 42.1 Å². The molecule has 2 N–H and O–H groups in total. The van der Waals surface area contributed by atoms with E-state index in [1.807, 2.05) is 24.3 Å². The summed E-state index contributed by atoms with van der Waals surface area (Å²) in [4.78, 5) is 6.84. The molecule has 0 radical (unpaired) electrons. The second kappa shape index (κ2) is 8.57. The monoisotopic (exact) mass is 390 g/mol. The molecule has 4 atom stereocenters. The van der Waals surface area contributed by atoms with Crippen LogP contribution in [0.25, 0.3) is 10.9 Å². The summed E-state index contributed by atoms with van der Waals surface area (Å²) in [6.45, 7) is 4.38. The molecule has 3 fully saturated rings. The molecule has 3 aliphatic rings. The van der Waals surface area contributed by atoms with Gasteiger partial charge in [-0.3, -0.25) is 9.88 Å². The molecule has 2 bridgehead atoms. The van der Waals surface area contributed by atoms with E-state index in [0.717, 1.165) is 36.0 Å². The highest BCUT2D eigenvalue weighted by atomic mass is 35.5. The average molecular weight is 391 g/mol. The zero-order valence-electron chi connectivity index (χ0n) is 15.5. The van der Waals surface area contributed by atoms with Crippen LogP contribution in [-0.4, -0.2) is 52.4 Å². The Bertz CT molecular complexity index is 826. The molecule has 0 aliphatic carbocycles. The quantitative estimate of drug-likeness (QED) is 0.768. The highest BCUT2D eigenvalue weighted by Gasteiger charge is 2.40. The SMILES string of the molecule is C/C=C1/CN2CCC1CC2C(O)c1ccnc2ccc(OCCO)cc12.Cl. The summed E-state index contributed by atoms with van der Waals surface area (Å²) in [7, 11) is 0. The molecular formula is C21H27ClN2O3. The maximum absolute atomic E-state index is 11.2. The van der Waals surface area contributed by atoms with Crippen LogP contribution in [0.2, 0.25) is 0 Å². The van der Waals surface area contributed by atoms with Crippen molar-refractivity contribution in [3.63, 3.8) is 0 Å². The predicted molar refractivity (Wildman–Crippen MR) is 108 cm³/mol. The Balaban J connectivity index is 0.00000210. The van der Waals surface area contributed by atoms with E-state index in [-0.39, 0.29) is 31.7 Å². The van der Waals surface area contributed by atoms with Crippen LogP contribution >= 0.6 is 12.4 Å². The van der Waals surface area contributed by atoms with Crippen LogP contribution in [0, 0.1) is 5.92 Å². The smallest absolute Gasteiger partial charge is 0.120 e. The standard InChI is InChI=1S/C21H26N2O3.ClH/c1-2-14-13-23-8-6-15(14)11-20(23)21(25)17-5-7-22-19-4-3-16(12-18(17)19)26-10-9-24;/h2-5,7,12,15,20-21,24-25H,6,8-11,13H2,1H3;1H/b14-2-;. The number of halogens is 1. The van der Waals surface area contributed by atoms with Gasteiger partial charge in [-0.2, -0.15) is 0 Å². The molecule has 3 aliphatic heterocycles. The van der Waals surface area contributed by atoms with Gasteiger partial charge in [-0.05, 0) is 62.1 Å². The van der Waals surface area contributed by atoms with E-state index < -0.39 is 6.10 Å². The first-order chi connectivity index (χ1) is 12.7. The van der Waals surface area contributed by atoms with Gasteiger partial charge in [0.1, 0.15) is 12.4 Å². The van der Waals surface area contributed by atoms with E-state index in [1.54, 1.807) is 6.20 Å². The highest BCUT2D eigenvalue weighted by molar-refractivity contribution is 5.85. The number of piperidine rings is 3. The van der Waals surface area contributed by atoms with Gasteiger partial charge in [0.05, 0.1) is 18.2 Å². The van der Waals surface area contributed by atoms with Gasteiger partial charge >= 0.3 is 0 Å². The van der Waals surface area contributed by atoms with Gasteiger partial charge < -0.3 is 14.9 Å². The number of hydrogen-bond donors (Lipinski definition) is 2. The van der Waals surface area contributed by atoms with Crippen molar-refractivity contribution in [2.45, 2.75) is 31.9 Å². The number of benzene rings is 1. The third-order valence-electron chi connectivity index (χ3n) is 5.83. The molecule has 27 heavy (non-hydrogen) atoms. The van der Waals surface area contributed by atoms with Gasteiger partial charge in [0, 0.05) is 24.2 Å². The van der Waals surface area contributed by atoms with Crippen molar-refractivity contribution in [2.24, 2.45) is 5.92 Å². The minimum atomic E-state index is -0.546. The van der Waals surface area contributed by atoms with Crippen LogP contribution in [0.4, 0.5) is 0 Å². The second-order valence-corrected chi connectivity index (χ2v) is 7.22. The summed E-state index contributed by atoms with van der Waals surface area (Å²) in [5, 5.41) is 21.1. The van der Waals surface area contributed by atoms with E-state index in [0.29, 0.717) is 11.7 Å². The fourth-order valence-electron chi connectivity index (χ4n) is 4.46. The van der Waals surface area contributed by atoms with Crippen molar-refractivity contribution in [3.8, 4) is 5.75 Å². The Morgan fingerprint density at radius 2 is 2.22 bits per heavy atom. The van der Waals surface area contributed by atoms with E-state index in [9.17, 15) is 5.11 Å². The van der Waals surface area contributed by atoms with Crippen LogP contribution in [0.3, 0.4) is 0 Å². The first-order valence-corrected chi connectivity index (χ1v) is 9.40. The molecule has 5 rings (SSSR count). The van der Waals surface area contributed by atoms with Gasteiger partial charge in [0.25, 0.3) is 0 Å². The Morgan fingerprint density at radius 3 is 2.93 bits per heavy atom. The Kier molecular flexibility index (Phi) is 6.37. The van der Waals surface area contributed by atoms with Crippen molar-refractivity contribution >= 4 is 23.3 Å². The molecule has 146 valence electrons. The van der Waals surface area contributed by atoms with Gasteiger partial charge in [0.15, 0.2) is 0 Å². The van der Waals surface area contributed by atoms with E-state index in [4.69, 9.17) is 9.84 Å². The maximum atomic E-state index is 11.2. The van der Waals surface area contributed by atoms with E-state index in [1.165, 1.54) is 12.0 Å². The van der Waals surface area contributed by atoms with Crippen molar-refractivity contribution in [1.82, 2.24) is 9.88 Å². The number of nitrogens with zero attached hydrogens (tertiary/aromatic N) is 2. The number of aliphatic hydroxyl groups is 2. The predicted octanol–water partition coefficient (Wildman–Crippen LogP) is 3.10. The lowest BCUT2D eigenvalue weighted by Gasteiger charge is -2.48. The summed E-state index contributed by atoms with van der Waals surface area (Å²) < 4.78 is 5.54. The van der Waals surface area contributed by atoms with Crippen LogP contribution in [0.1, 0.15) is 31.4 Å². The van der Waals surface area contributed by atoms with Gasteiger partial charge in [-0.15, -0.1) is 12.4 Å². The molecule has 1 aromatic heterocycles. The highest BCUT2D eigenvalue weighted by Crippen LogP contribution is 2.41. The molecule has 1 aromatic carbocycles.